The summed E-state index contributed by atoms with van der Waals surface area (Å²) >= 11 is 0. The zero-order chi connectivity index (χ0) is 24.5. The number of amides is 1. The highest BCUT2D eigenvalue weighted by Crippen LogP contribution is 2.26. The highest BCUT2D eigenvalue weighted by Gasteiger charge is 2.12. The second-order valence-corrected chi connectivity index (χ2v) is 8.79. The maximum atomic E-state index is 12.3. The number of hydrogen-bond acceptors (Lipinski definition) is 4. The molecule has 0 radical (unpaired) electrons. The first-order valence-corrected chi connectivity index (χ1v) is 12.2. The Morgan fingerprint density at radius 1 is 0.914 bits per heavy atom. The number of unbranched alkanes of at least 4 members (excludes halogenated alkanes) is 1. The van der Waals surface area contributed by atoms with Crippen LogP contribution in [0.3, 0.4) is 0 Å². The van der Waals surface area contributed by atoms with Gasteiger partial charge in [-0.05, 0) is 54.7 Å². The molecule has 0 unspecified atom stereocenters. The molecule has 3 aromatic carbocycles. The molecule has 4 rings (SSSR count). The number of carbonyl (C=O) groups excluding carboxylic acids is 1. The van der Waals surface area contributed by atoms with Gasteiger partial charge in [-0.15, -0.1) is 0 Å². The van der Waals surface area contributed by atoms with Crippen LogP contribution < -0.4 is 14.8 Å². The Bertz CT molecular complexity index is 1230. The van der Waals surface area contributed by atoms with Crippen molar-refractivity contribution in [2.24, 2.45) is 0 Å². The fourth-order valence-electron chi connectivity index (χ4n) is 4.05. The molecule has 0 aliphatic carbocycles. The van der Waals surface area contributed by atoms with Crippen molar-refractivity contribution >= 4 is 16.9 Å². The van der Waals surface area contributed by atoms with E-state index in [-0.39, 0.29) is 12.5 Å². The fraction of sp³-hybridized carbons (Fsp3) is 0.310. The second-order valence-electron chi connectivity index (χ2n) is 8.79. The molecular weight excluding hydrogens is 438 g/mol. The summed E-state index contributed by atoms with van der Waals surface area (Å²) in [5.74, 6) is 2.74. The van der Waals surface area contributed by atoms with Gasteiger partial charge in [0.15, 0.2) is 6.61 Å². The Labute approximate surface area is 206 Å². The summed E-state index contributed by atoms with van der Waals surface area (Å²) in [5.41, 5.74) is 3.24. The summed E-state index contributed by atoms with van der Waals surface area (Å²) in [7, 11) is 0. The molecular formula is C29H33N3O3. The van der Waals surface area contributed by atoms with Gasteiger partial charge in [0.1, 0.15) is 17.3 Å². The Balaban J connectivity index is 1.31. The molecule has 35 heavy (non-hydrogen) atoms. The van der Waals surface area contributed by atoms with E-state index in [1.807, 2.05) is 60.7 Å². The minimum atomic E-state index is -0.176. The highest BCUT2D eigenvalue weighted by atomic mass is 16.5. The summed E-state index contributed by atoms with van der Waals surface area (Å²) in [6, 6.07) is 25.6. The highest BCUT2D eigenvalue weighted by molar-refractivity contribution is 5.78. The Morgan fingerprint density at radius 2 is 1.66 bits per heavy atom. The molecule has 1 heterocycles. The van der Waals surface area contributed by atoms with Gasteiger partial charge in [0.05, 0.1) is 24.2 Å². The molecule has 0 saturated heterocycles. The lowest BCUT2D eigenvalue weighted by molar-refractivity contribution is -0.123. The van der Waals surface area contributed by atoms with E-state index in [2.05, 4.69) is 41.9 Å². The minimum absolute atomic E-state index is 0.0283. The van der Waals surface area contributed by atoms with Crippen LogP contribution in [0, 0.1) is 0 Å². The zero-order valence-corrected chi connectivity index (χ0v) is 20.4. The molecule has 0 aliphatic rings. The molecule has 1 N–H and O–H groups in total. The van der Waals surface area contributed by atoms with Crippen molar-refractivity contribution in [2.75, 3.05) is 13.2 Å². The van der Waals surface area contributed by atoms with Gasteiger partial charge in [-0.2, -0.15) is 0 Å². The van der Waals surface area contributed by atoms with Crippen LogP contribution in [0.15, 0.2) is 78.9 Å². The topological polar surface area (TPSA) is 65.4 Å². The van der Waals surface area contributed by atoms with Gasteiger partial charge in [-0.25, -0.2) is 4.98 Å². The number of nitrogens with one attached hydrogen (secondary N) is 1. The summed E-state index contributed by atoms with van der Waals surface area (Å²) < 4.78 is 13.8. The number of aryl methyl sites for hydroxylation is 1. The summed E-state index contributed by atoms with van der Waals surface area (Å²) in [5, 5.41) is 2.94. The lowest BCUT2D eigenvalue weighted by atomic mass is 10.0. The van der Waals surface area contributed by atoms with E-state index < -0.39 is 0 Å². The number of fused-ring (bicyclic) bond motifs is 1. The SMILES string of the molecule is CC(C)c1ccccc1OCCCCn1c(CNC(=O)COc2ccccc2)nc2ccccc21. The molecule has 0 spiro atoms. The third kappa shape index (κ3) is 6.63. The first kappa shape index (κ1) is 24.3. The third-order valence-electron chi connectivity index (χ3n) is 5.87. The normalized spacial score (nSPS) is 11.1. The molecule has 1 amide bonds. The predicted octanol–water partition coefficient (Wildman–Crippen LogP) is 5.71. The van der Waals surface area contributed by atoms with Gasteiger partial charge < -0.3 is 19.4 Å². The average molecular weight is 472 g/mol. The van der Waals surface area contributed by atoms with Crippen LogP contribution in [0.1, 0.15) is 44.0 Å². The number of ether oxygens (including phenoxy) is 2. The van der Waals surface area contributed by atoms with Crippen molar-refractivity contribution in [2.45, 2.75) is 45.7 Å². The van der Waals surface area contributed by atoms with Crippen molar-refractivity contribution in [3.63, 3.8) is 0 Å². The van der Waals surface area contributed by atoms with Crippen molar-refractivity contribution < 1.29 is 14.3 Å². The van der Waals surface area contributed by atoms with Crippen molar-refractivity contribution in [3.05, 3.63) is 90.3 Å². The summed E-state index contributed by atoms with van der Waals surface area (Å²) in [6.45, 7) is 6.16. The zero-order valence-electron chi connectivity index (χ0n) is 20.4. The van der Waals surface area contributed by atoms with Gasteiger partial charge in [-0.3, -0.25) is 4.79 Å². The van der Waals surface area contributed by atoms with Gasteiger partial charge in [0, 0.05) is 6.54 Å². The van der Waals surface area contributed by atoms with Gasteiger partial charge in [0.25, 0.3) is 5.91 Å². The largest absolute Gasteiger partial charge is 0.493 e. The number of rotatable bonds is 12. The number of imidazole rings is 1. The molecule has 1 aromatic heterocycles. The van der Waals surface area contributed by atoms with E-state index in [0.29, 0.717) is 24.8 Å². The molecule has 0 saturated carbocycles. The van der Waals surface area contributed by atoms with E-state index in [4.69, 9.17) is 14.5 Å². The molecule has 4 aromatic rings. The van der Waals surface area contributed by atoms with Gasteiger partial charge >= 0.3 is 0 Å². The van der Waals surface area contributed by atoms with Gasteiger partial charge in [-0.1, -0.05) is 62.4 Å². The first-order valence-electron chi connectivity index (χ1n) is 12.2. The third-order valence-corrected chi connectivity index (χ3v) is 5.87. The van der Waals surface area contributed by atoms with Gasteiger partial charge in [0.2, 0.25) is 0 Å². The lowest BCUT2D eigenvalue weighted by Crippen LogP contribution is -2.29. The molecule has 0 aliphatic heterocycles. The maximum Gasteiger partial charge on any atom is 0.258 e. The number of nitrogens with zero attached hydrogens (tertiary/aromatic N) is 2. The molecule has 182 valence electrons. The van der Waals surface area contributed by atoms with Crippen LogP contribution >= 0.6 is 0 Å². The van der Waals surface area contributed by atoms with Crippen LogP contribution in [0.5, 0.6) is 11.5 Å². The Hall–Kier alpha value is -3.80. The van der Waals surface area contributed by atoms with Crippen LogP contribution in [0.25, 0.3) is 11.0 Å². The summed E-state index contributed by atoms with van der Waals surface area (Å²) in [4.78, 5) is 17.1. The monoisotopic (exact) mass is 471 g/mol. The standard InChI is InChI=1S/C29H33N3O3/c1-22(2)24-14-6-9-17-27(24)34-19-11-10-18-32-26-16-8-7-15-25(26)31-28(32)20-30-29(33)21-35-23-12-4-3-5-13-23/h3-9,12-17,22H,10-11,18-21H2,1-2H3,(H,30,33). The van der Waals surface area contributed by atoms with Crippen molar-refractivity contribution in [1.29, 1.82) is 0 Å². The number of benzene rings is 3. The Kier molecular flexibility index (Phi) is 8.39. The van der Waals surface area contributed by atoms with E-state index in [1.165, 1.54) is 5.56 Å². The molecule has 6 nitrogen and oxygen atoms in total. The Morgan fingerprint density at radius 3 is 2.49 bits per heavy atom. The van der Waals surface area contributed by atoms with E-state index in [0.717, 1.165) is 42.0 Å². The molecule has 0 bridgehead atoms. The van der Waals surface area contributed by atoms with Crippen molar-refractivity contribution in [1.82, 2.24) is 14.9 Å². The average Bonchev–Trinajstić information content (AvgIpc) is 3.24. The second kappa shape index (κ2) is 12.1. The smallest absolute Gasteiger partial charge is 0.258 e. The number of aromatic nitrogens is 2. The van der Waals surface area contributed by atoms with Crippen molar-refractivity contribution in [3.8, 4) is 11.5 Å². The number of para-hydroxylation sites is 4. The lowest BCUT2D eigenvalue weighted by Gasteiger charge is -2.14. The maximum absolute atomic E-state index is 12.3. The van der Waals surface area contributed by atoms with E-state index in [1.54, 1.807) is 0 Å². The van der Waals surface area contributed by atoms with E-state index >= 15 is 0 Å². The van der Waals surface area contributed by atoms with Crippen LogP contribution in [0.4, 0.5) is 0 Å². The summed E-state index contributed by atoms with van der Waals surface area (Å²) in [6.07, 6.45) is 1.87. The van der Waals surface area contributed by atoms with Crippen LogP contribution in [-0.4, -0.2) is 28.7 Å². The fourth-order valence-corrected chi connectivity index (χ4v) is 4.05. The van der Waals surface area contributed by atoms with Crippen LogP contribution in [-0.2, 0) is 17.9 Å². The number of hydrogen-bond donors (Lipinski definition) is 1. The molecule has 6 heteroatoms. The molecule has 0 fully saturated rings. The first-order chi connectivity index (χ1) is 17.1. The van der Waals surface area contributed by atoms with E-state index in [9.17, 15) is 4.79 Å². The predicted molar refractivity (Wildman–Crippen MR) is 139 cm³/mol. The minimum Gasteiger partial charge on any atom is -0.493 e. The number of carbonyl (C=O) groups is 1. The van der Waals surface area contributed by atoms with Crippen LogP contribution in [0.2, 0.25) is 0 Å². The quantitative estimate of drug-likeness (QED) is 0.269. The molecule has 0 atom stereocenters.